The summed E-state index contributed by atoms with van der Waals surface area (Å²) in [6.45, 7) is 0. The first kappa shape index (κ1) is 17.8. The smallest absolute Gasteiger partial charge is 0.356 e. The predicted molar refractivity (Wildman–Crippen MR) is 87.2 cm³/mol. The van der Waals surface area contributed by atoms with Crippen LogP contribution in [0, 0.1) is 11.6 Å². The van der Waals surface area contributed by atoms with Crippen LogP contribution < -0.4 is 0 Å². The molecule has 10 heteroatoms. The molecule has 0 bridgehead atoms. The molecule has 0 spiro atoms. The second-order valence-corrected chi connectivity index (χ2v) is 5.73. The molecular formula is C18H9F5N4O. The minimum Gasteiger partial charge on any atom is -0.356 e. The molecule has 142 valence electrons. The zero-order valence-electron chi connectivity index (χ0n) is 13.8. The minimum atomic E-state index is -4.83. The summed E-state index contributed by atoms with van der Waals surface area (Å²) < 4.78 is 74.0. The maximum absolute atomic E-state index is 13.8. The summed E-state index contributed by atoms with van der Waals surface area (Å²) in [5.41, 5.74) is -1.67. The lowest BCUT2D eigenvalue weighted by Crippen LogP contribution is -2.14. The van der Waals surface area contributed by atoms with Crippen molar-refractivity contribution in [3.8, 4) is 28.3 Å². The van der Waals surface area contributed by atoms with E-state index >= 15 is 0 Å². The molecule has 0 saturated heterocycles. The van der Waals surface area contributed by atoms with E-state index in [1.807, 2.05) is 0 Å². The number of aromatic nitrogens is 4. The summed E-state index contributed by atoms with van der Waals surface area (Å²) in [6.07, 6.45) is -1.63. The quantitative estimate of drug-likeness (QED) is 0.466. The Labute approximate surface area is 154 Å². The van der Waals surface area contributed by atoms with Gasteiger partial charge in [-0.2, -0.15) is 18.3 Å². The fourth-order valence-electron chi connectivity index (χ4n) is 2.72. The van der Waals surface area contributed by atoms with Crippen LogP contribution in [-0.2, 0) is 6.18 Å². The third-order valence-electron chi connectivity index (χ3n) is 3.91. The van der Waals surface area contributed by atoms with Crippen molar-refractivity contribution in [2.75, 3.05) is 0 Å². The van der Waals surface area contributed by atoms with Crippen LogP contribution in [0.1, 0.15) is 5.69 Å². The number of hydrogen-bond donors (Lipinski definition) is 0. The van der Waals surface area contributed by atoms with Crippen molar-refractivity contribution in [1.82, 2.24) is 19.9 Å². The molecule has 28 heavy (non-hydrogen) atoms. The van der Waals surface area contributed by atoms with E-state index in [2.05, 4.69) is 15.2 Å². The van der Waals surface area contributed by atoms with Crippen LogP contribution in [0.3, 0.4) is 0 Å². The lowest BCUT2D eigenvalue weighted by molar-refractivity contribution is -0.142. The molecule has 0 fully saturated rings. The summed E-state index contributed by atoms with van der Waals surface area (Å²) in [7, 11) is 0. The molecule has 3 heterocycles. The van der Waals surface area contributed by atoms with Crippen LogP contribution in [0.4, 0.5) is 22.0 Å². The molecule has 4 rings (SSSR count). The second kappa shape index (κ2) is 6.55. The molecule has 0 aliphatic heterocycles. The first-order valence-corrected chi connectivity index (χ1v) is 7.83. The molecule has 0 aliphatic rings. The van der Waals surface area contributed by atoms with Crippen molar-refractivity contribution in [2.45, 2.75) is 6.18 Å². The molecule has 0 N–H and O–H groups in total. The van der Waals surface area contributed by atoms with Gasteiger partial charge in [0.15, 0.2) is 17.3 Å². The number of nitrogens with zero attached hydrogens (tertiary/aromatic N) is 4. The molecule has 0 saturated carbocycles. The summed E-state index contributed by atoms with van der Waals surface area (Å²) in [4.78, 5) is 3.60. The predicted octanol–water partition coefficient (Wildman–Crippen LogP) is 4.89. The van der Waals surface area contributed by atoms with Gasteiger partial charge in [-0.05, 0) is 24.3 Å². The largest absolute Gasteiger partial charge is 0.434 e. The summed E-state index contributed by atoms with van der Waals surface area (Å²) in [5, 5.41) is 7.36. The van der Waals surface area contributed by atoms with Crippen molar-refractivity contribution in [1.29, 1.82) is 0 Å². The fraction of sp³-hybridized carbons (Fsp3) is 0.0556. The Morgan fingerprint density at radius 2 is 1.79 bits per heavy atom. The first-order chi connectivity index (χ1) is 13.3. The van der Waals surface area contributed by atoms with Crippen molar-refractivity contribution in [3.05, 3.63) is 72.3 Å². The number of hydrogen-bond acceptors (Lipinski definition) is 4. The zero-order chi connectivity index (χ0) is 19.9. The fourth-order valence-corrected chi connectivity index (χ4v) is 2.72. The SMILES string of the molecule is Fc1cccc(-n2ncc(-c3cc(-c4ccncc4F)no3)c2C(F)(F)F)c1. The highest BCUT2D eigenvalue weighted by Crippen LogP contribution is 2.39. The first-order valence-electron chi connectivity index (χ1n) is 7.83. The number of rotatable bonds is 3. The summed E-state index contributed by atoms with van der Waals surface area (Å²) in [5.74, 6) is -1.67. The van der Waals surface area contributed by atoms with Crippen LogP contribution in [-0.4, -0.2) is 19.9 Å². The lowest BCUT2D eigenvalue weighted by atomic mass is 10.1. The highest BCUT2D eigenvalue weighted by atomic mass is 19.4. The molecule has 3 aromatic heterocycles. The standard InChI is InChI=1S/C18H9F5N4O/c19-10-2-1-3-11(6-10)27-17(18(21,22)23)13(8-25-27)16-7-15(26-28-16)12-4-5-24-9-14(12)20/h1-9H. The molecule has 0 aliphatic carbocycles. The normalized spacial score (nSPS) is 11.8. The van der Waals surface area contributed by atoms with Gasteiger partial charge in [0, 0.05) is 17.8 Å². The van der Waals surface area contributed by atoms with E-state index in [-0.39, 0.29) is 22.7 Å². The molecular weight excluding hydrogens is 383 g/mol. The third-order valence-corrected chi connectivity index (χ3v) is 3.91. The van der Waals surface area contributed by atoms with E-state index in [0.29, 0.717) is 4.68 Å². The highest BCUT2D eigenvalue weighted by molar-refractivity contribution is 5.68. The Kier molecular flexibility index (Phi) is 4.17. The maximum Gasteiger partial charge on any atom is 0.434 e. The van der Waals surface area contributed by atoms with Crippen LogP contribution in [0.5, 0.6) is 0 Å². The second-order valence-electron chi connectivity index (χ2n) is 5.73. The highest BCUT2D eigenvalue weighted by Gasteiger charge is 2.40. The number of pyridine rings is 1. The Bertz CT molecular complexity index is 1150. The van der Waals surface area contributed by atoms with Crippen LogP contribution in [0.25, 0.3) is 28.3 Å². The molecule has 5 nitrogen and oxygen atoms in total. The Morgan fingerprint density at radius 3 is 2.50 bits per heavy atom. The van der Waals surface area contributed by atoms with Crippen LogP contribution >= 0.6 is 0 Å². The van der Waals surface area contributed by atoms with E-state index < -0.39 is 29.1 Å². The monoisotopic (exact) mass is 392 g/mol. The minimum absolute atomic E-state index is 0.00142. The van der Waals surface area contributed by atoms with Gasteiger partial charge in [-0.3, -0.25) is 4.98 Å². The lowest BCUT2D eigenvalue weighted by Gasteiger charge is -2.11. The molecule has 0 unspecified atom stereocenters. The molecule has 1 aromatic carbocycles. The van der Waals surface area contributed by atoms with E-state index in [4.69, 9.17) is 4.52 Å². The number of benzene rings is 1. The number of alkyl halides is 3. The zero-order valence-corrected chi connectivity index (χ0v) is 13.8. The van der Waals surface area contributed by atoms with Crippen molar-refractivity contribution < 1.29 is 26.5 Å². The van der Waals surface area contributed by atoms with Gasteiger partial charge in [-0.25, -0.2) is 13.5 Å². The molecule has 0 radical (unpaired) electrons. The van der Waals surface area contributed by atoms with Crippen LogP contribution in [0.15, 0.2) is 59.5 Å². The number of halogens is 5. The van der Waals surface area contributed by atoms with Gasteiger partial charge in [-0.1, -0.05) is 11.2 Å². The van der Waals surface area contributed by atoms with Gasteiger partial charge in [0.05, 0.1) is 23.6 Å². The summed E-state index contributed by atoms with van der Waals surface area (Å²) >= 11 is 0. The molecule has 0 amide bonds. The topological polar surface area (TPSA) is 56.7 Å². The van der Waals surface area contributed by atoms with Gasteiger partial charge in [0.2, 0.25) is 0 Å². The van der Waals surface area contributed by atoms with Gasteiger partial charge < -0.3 is 4.52 Å². The molecule has 4 aromatic rings. The van der Waals surface area contributed by atoms with Crippen molar-refractivity contribution in [3.63, 3.8) is 0 Å². The maximum atomic E-state index is 13.8. The van der Waals surface area contributed by atoms with Crippen LogP contribution in [0.2, 0.25) is 0 Å². The Balaban J connectivity index is 1.85. The van der Waals surface area contributed by atoms with E-state index in [1.54, 1.807) is 0 Å². The van der Waals surface area contributed by atoms with Crippen molar-refractivity contribution >= 4 is 0 Å². The Morgan fingerprint density at radius 1 is 0.964 bits per heavy atom. The molecule has 0 atom stereocenters. The van der Waals surface area contributed by atoms with Gasteiger partial charge in [-0.15, -0.1) is 0 Å². The third kappa shape index (κ3) is 3.13. The van der Waals surface area contributed by atoms with E-state index in [1.165, 1.54) is 30.5 Å². The average molecular weight is 392 g/mol. The van der Waals surface area contributed by atoms with Gasteiger partial charge in [0.1, 0.15) is 11.5 Å². The van der Waals surface area contributed by atoms with Crippen molar-refractivity contribution in [2.24, 2.45) is 0 Å². The Hall–Kier alpha value is -3.56. The van der Waals surface area contributed by atoms with Gasteiger partial charge in [0.25, 0.3) is 0 Å². The van der Waals surface area contributed by atoms with Gasteiger partial charge >= 0.3 is 6.18 Å². The average Bonchev–Trinajstić information content (AvgIpc) is 3.29. The summed E-state index contributed by atoms with van der Waals surface area (Å²) in [6, 6.07) is 7.06. The van der Waals surface area contributed by atoms with E-state index in [0.717, 1.165) is 24.5 Å². The van der Waals surface area contributed by atoms with E-state index in [9.17, 15) is 22.0 Å².